The Morgan fingerprint density at radius 3 is 2.67 bits per heavy atom. The monoisotopic (exact) mass is 175 g/mol. The highest BCUT2D eigenvalue weighted by Crippen LogP contribution is 1.88. The zero-order valence-electron chi connectivity index (χ0n) is 7.92. The van der Waals surface area contributed by atoms with Crippen molar-refractivity contribution < 1.29 is 14.3 Å². The van der Waals surface area contributed by atoms with Crippen LogP contribution in [0, 0.1) is 0 Å². The lowest BCUT2D eigenvalue weighted by atomic mass is 10.4. The number of methoxy groups -OCH3 is 1. The van der Waals surface area contributed by atoms with Crippen molar-refractivity contribution in [1.29, 1.82) is 0 Å². The van der Waals surface area contributed by atoms with Gasteiger partial charge in [-0.1, -0.05) is 0 Å². The topological polar surface area (TPSA) is 47.6 Å². The summed E-state index contributed by atoms with van der Waals surface area (Å²) in [4.78, 5) is 10.8. The Bertz CT molecular complexity index is 125. The maximum Gasteiger partial charge on any atom is 0.407 e. The summed E-state index contributed by atoms with van der Waals surface area (Å²) in [6.07, 6.45) is 0.387. The molecule has 4 nitrogen and oxygen atoms in total. The summed E-state index contributed by atoms with van der Waals surface area (Å²) in [6, 6.07) is 0. The lowest BCUT2D eigenvalue weighted by Gasteiger charge is -2.08. The summed E-state index contributed by atoms with van der Waals surface area (Å²) in [5.41, 5.74) is 0. The molecule has 0 spiro atoms. The molecular weight excluding hydrogens is 158 g/mol. The highest BCUT2D eigenvalue weighted by Gasteiger charge is 2.02. The van der Waals surface area contributed by atoms with E-state index in [0.29, 0.717) is 13.2 Å². The van der Waals surface area contributed by atoms with Gasteiger partial charge in [-0.25, -0.2) is 4.79 Å². The Labute approximate surface area is 73.2 Å². The van der Waals surface area contributed by atoms with Crippen LogP contribution in [0.25, 0.3) is 0 Å². The Hall–Kier alpha value is -0.770. The standard InChI is InChI=1S/C8H17NO3/c1-7(2)12-8(10)9-5-4-6-11-3/h7H,4-6H2,1-3H3,(H,9,10). The van der Waals surface area contributed by atoms with Crippen LogP contribution in [-0.4, -0.2) is 32.5 Å². The number of carbonyl (C=O) groups is 1. The van der Waals surface area contributed by atoms with Crippen LogP contribution < -0.4 is 5.32 Å². The largest absolute Gasteiger partial charge is 0.447 e. The molecule has 0 atom stereocenters. The lowest BCUT2D eigenvalue weighted by Crippen LogP contribution is -2.28. The van der Waals surface area contributed by atoms with Crippen molar-refractivity contribution in [1.82, 2.24) is 5.32 Å². The van der Waals surface area contributed by atoms with Crippen LogP contribution >= 0.6 is 0 Å². The molecule has 0 saturated heterocycles. The molecule has 12 heavy (non-hydrogen) atoms. The molecule has 1 amide bonds. The van der Waals surface area contributed by atoms with Gasteiger partial charge in [-0.15, -0.1) is 0 Å². The van der Waals surface area contributed by atoms with E-state index in [-0.39, 0.29) is 12.2 Å². The van der Waals surface area contributed by atoms with Crippen molar-refractivity contribution in [3.05, 3.63) is 0 Å². The first kappa shape index (κ1) is 11.2. The van der Waals surface area contributed by atoms with Gasteiger partial charge in [-0.3, -0.25) is 0 Å². The van der Waals surface area contributed by atoms with Crippen molar-refractivity contribution in [2.45, 2.75) is 26.4 Å². The van der Waals surface area contributed by atoms with Crippen LogP contribution in [0.3, 0.4) is 0 Å². The van der Waals surface area contributed by atoms with Gasteiger partial charge < -0.3 is 14.8 Å². The van der Waals surface area contributed by atoms with E-state index in [4.69, 9.17) is 9.47 Å². The Morgan fingerprint density at radius 1 is 1.50 bits per heavy atom. The summed E-state index contributed by atoms with van der Waals surface area (Å²) in [5.74, 6) is 0. The van der Waals surface area contributed by atoms with E-state index in [9.17, 15) is 4.79 Å². The van der Waals surface area contributed by atoms with Crippen molar-refractivity contribution in [3.8, 4) is 0 Å². The molecule has 0 aliphatic heterocycles. The number of amides is 1. The summed E-state index contributed by atoms with van der Waals surface area (Å²) in [7, 11) is 1.63. The fourth-order valence-corrected chi connectivity index (χ4v) is 0.663. The lowest BCUT2D eigenvalue weighted by molar-refractivity contribution is 0.114. The Balaban J connectivity index is 3.20. The molecule has 0 unspecified atom stereocenters. The number of ether oxygens (including phenoxy) is 2. The summed E-state index contributed by atoms with van der Waals surface area (Å²) in [5, 5.41) is 2.61. The van der Waals surface area contributed by atoms with Gasteiger partial charge in [-0.2, -0.15) is 0 Å². The zero-order chi connectivity index (χ0) is 9.40. The molecule has 4 heteroatoms. The molecule has 0 aromatic carbocycles. The third-order valence-corrected chi connectivity index (χ3v) is 1.14. The van der Waals surface area contributed by atoms with E-state index in [1.165, 1.54) is 0 Å². The highest BCUT2D eigenvalue weighted by molar-refractivity contribution is 5.67. The van der Waals surface area contributed by atoms with Crippen molar-refractivity contribution in [2.24, 2.45) is 0 Å². The van der Waals surface area contributed by atoms with Crippen LogP contribution in [0.2, 0.25) is 0 Å². The first-order chi connectivity index (χ1) is 5.66. The fourth-order valence-electron chi connectivity index (χ4n) is 0.663. The number of hydrogen-bond donors (Lipinski definition) is 1. The predicted molar refractivity (Wildman–Crippen MR) is 46.1 cm³/mol. The second kappa shape index (κ2) is 6.91. The van der Waals surface area contributed by atoms with E-state index < -0.39 is 0 Å². The molecular formula is C8H17NO3. The molecule has 0 aliphatic rings. The third kappa shape index (κ3) is 7.34. The summed E-state index contributed by atoms with van der Waals surface area (Å²) in [6.45, 7) is 4.88. The van der Waals surface area contributed by atoms with Gasteiger partial charge in [0.15, 0.2) is 0 Å². The van der Waals surface area contributed by atoms with E-state index in [1.54, 1.807) is 7.11 Å². The van der Waals surface area contributed by atoms with E-state index in [2.05, 4.69) is 5.32 Å². The van der Waals surface area contributed by atoms with E-state index in [1.807, 2.05) is 13.8 Å². The normalized spacial score (nSPS) is 10.0. The molecule has 0 fully saturated rings. The molecule has 0 aliphatic carbocycles. The molecule has 72 valence electrons. The zero-order valence-corrected chi connectivity index (χ0v) is 7.92. The molecule has 0 rings (SSSR count). The van der Waals surface area contributed by atoms with Gasteiger partial charge in [-0.05, 0) is 20.3 Å². The van der Waals surface area contributed by atoms with Gasteiger partial charge in [0.2, 0.25) is 0 Å². The van der Waals surface area contributed by atoms with Gasteiger partial charge in [0.1, 0.15) is 0 Å². The highest BCUT2D eigenvalue weighted by atomic mass is 16.6. The number of rotatable bonds is 5. The number of carbonyl (C=O) groups excluding carboxylic acids is 1. The molecule has 1 N–H and O–H groups in total. The smallest absolute Gasteiger partial charge is 0.407 e. The minimum Gasteiger partial charge on any atom is -0.447 e. The van der Waals surface area contributed by atoms with Crippen molar-refractivity contribution >= 4 is 6.09 Å². The average Bonchev–Trinajstić information content (AvgIpc) is 1.97. The first-order valence-corrected chi connectivity index (χ1v) is 4.10. The van der Waals surface area contributed by atoms with Crippen LogP contribution in [0.1, 0.15) is 20.3 Å². The minimum absolute atomic E-state index is 0.0626. The van der Waals surface area contributed by atoms with E-state index in [0.717, 1.165) is 6.42 Å². The second-order valence-corrected chi connectivity index (χ2v) is 2.73. The maximum atomic E-state index is 10.8. The Morgan fingerprint density at radius 2 is 2.17 bits per heavy atom. The predicted octanol–water partition coefficient (Wildman–Crippen LogP) is 1.16. The van der Waals surface area contributed by atoms with Crippen molar-refractivity contribution in [3.63, 3.8) is 0 Å². The number of nitrogens with one attached hydrogen (secondary N) is 1. The molecule has 0 aromatic rings. The molecule has 0 saturated carbocycles. The van der Waals surface area contributed by atoms with Crippen molar-refractivity contribution in [2.75, 3.05) is 20.3 Å². The molecule has 0 radical (unpaired) electrons. The van der Waals surface area contributed by atoms with Gasteiger partial charge >= 0.3 is 6.09 Å². The fraction of sp³-hybridized carbons (Fsp3) is 0.875. The summed E-state index contributed by atoms with van der Waals surface area (Å²) < 4.78 is 9.65. The second-order valence-electron chi connectivity index (χ2n) is 2.73. The van der Waals surface area contributed by atoms with Crippen LogP contribution in [0.5, 0.6) is 0 Å². The van der Waals surface area contributed by atoms with Crippen LogP contribution in [0.15, 0.2) is 0 Å². The average molecular weight is 175 g/mol. The summed E-state index contributed by atoms with van der Waals surface area (Å²) >= 11 is 0. The Kier molecular flexibility index (Phi) is 6.47. The maximum absolute atomic E-state index is 10.8. The quantitative estimate of drug-likeness (QED) is 0.638. The number of hydrogen-bond acceptors (Lipinski definition) is 3. The van der Waals surface area contributed by atoms with Gasteiger partial charge in [0.05, 0.1) is 6.10 Å². The molecule has 0 aromatic heterocycles. The van der Waals surface area contributed by atoms with E-state index >= 15 is 0 Å². The molecule has 0 heterocycles. The third-order valence-electron chi connectivity index (χ3n) is 1.14. The van der Waals surface area contributed by atoms with Gasteiger partial charge in [0, 0.05) is 20.3 Å². The van der Waals surface area contributed by atoms with Gasteiger partial charge in [0.25, 0.3) is 0 Å². The SMILES string of the molecule is COCCCNC(=O)OC(C)C. The molecule has 0 bridgehead atoms. The van der Waals surface area contributed by atoms with Crippen LogP contribution in [0.4, 0.5) is 4.79 Å². The minimum atomic E-state index is -0.360. The van der Waals surface area contributed by atoms with Crippen LogP contribution in [-0.2, 0) is 9.47 Å². The number of alkyl carbamates (subject to hydrolysis) is 1. The first-order valence-electron chi connectivity index (χ1n) is 4.10.